The molecule has 1 unspecified atom stereocenters. The second-order valence-corrected chi connectivity index (χ2v) is 10.8. The predicted octanol–water partition coefficient (Wildman–Crippen LogP) is 4.59. The summed E-state index contributed by atoms with van der Waals surface area (Å²) in [6.45, 7) is 12.9. The van der Waals surface area contributed by atoms with Gasteiger partial charge < -0.3 is 14.7 Å². The first kappa shape index (κ1) is 24.6. The first-order chi connectivity index (χ1) is 15.7. The number of esters is 1. The quantitative estimate of drug-likeness (QED) is 0.500. The van der Waals surface area contributed by atoms with Crippen LogP contribution in [-0.2, 0) is 9.53 Å². The van der Waals surface area contributed by atoms with Crippen LogP contribution in [0.3, 0.4) is 0 Å². The van der Waals surface area contributed by atoms with E-state index < -0.39 is 11.7 Å². The number of aliphatic hydroxyl groups is 1. The summed E-state index contributed by atoms with van der Waals surface area (Å²) < 4.78 is 5.49. The minimum absolute atomic E-state index is 0.0625. The normalized spacial score (nSPS) is 33.8. The number of halogens is 1. The van der Waals surface area contributed by atoms with Crippen molar-refractivity contribution >= 4 is 23.3 Å². The number of hydrogen-bond donors (Lipinski definition) is 1. The Morgan fingerprint density at radius 1 is 1.24 bits per heavy atom. The van der Waals surface area contributed by atoms with Gasteiger partial charge in [0, 0.05) is 52.0 Å². The summed E-state index contributed by atoms with van der Waals surface area (Å²) >= 11 is 6.40. The molecule has 2 fully saturated rings. The van der Waals surface area contributed by atoms with E-state index in [1.54, 1.807) is 0 Å². The number of nitrogens with zero attached hydrogens (tertiary/aromatic N) is 2. The number of fused-ring (bicyclic) bond motifs is 1. The third kappa shape index (κ3) is 5.11. The summed E-state index contributed by atoms with van der Waals surface area (Å²) in [7, 11) is 0. The molecule has 6 atom stereocenters. The van der Waals surface area contributed by atoms with Gasteiger partial charge in [-0.25, -0.2) is 0 Å². The minimum atomic E-state index is -0.931. The SMILES string of the molecule is CC(=O)O[C@@H]1[CH][C@@]2(O)[C@H](C)CC[C@@H](C(C)CN3CCN(c4ccccc4Cl)CC3)[C@H]2C=C1C. The molecule has 5 nitrogen and oxygen atoms in total. The maximum Gasteiger partial charge on any atom is 0.303 e. The van der Waals surface area contributed by atoms with Gasteiger partial charge in [0.1, 0.15) is 6.10 Å². The molecule has 0 aromatic heterocycles. The zero-order valence-corrected chi connectivity index (χ0v) is 21.1. The number of carbonyl (C=O) groups is 1. The second-order valence-electron chi connectivity index (χ2n) is 10.4. The molecule has 1 saturated carbocycles. The molecule has 1 aromatic carbocycles. The van der Waals surface area contributed by atoms with Gasteiger partial charge in [-0.05, 0) is 55.2 Å². The lowest BCUT2D eigenvalue weighted by Gasteiger charge is -2.53. The molecular weight excluding hydrogens is 436 g/mol. The van der Waals surface area contributed by atoms with Crippen molar-refractivity contribution in [3.05, 3.63) is 47.4 Å². The van der Waals surface area contributed by atoms with Gasteiger partial charge in [0.05, 0.1) is 16.3 Å². The van der Waals surface area contributed by atoms with Crippen LogP contribution in [0.4, 0.5) is 5.69 Å². The monoisotopic (exact) mass is 473 g/mol. The van der Waals surface area contributed by atoms with E-state index >= 15 is 0 Å². The Hall–Kier alpha value is -1.56. The predicted molar refractivity (Wildman–Crippen MR) is 133 cm³/mol. The summed E-state index contributed by atoms with van der Waals surface area (Å²) in [5, 5.41) is 12.6. The number of carbonyl (C=O) groups excluding carboxylic acids is 1. The number of hydrogen-bond acceptors (Lipinski definition) is 5. The zero-order chi connectivity index (χ0) is 23.8. The molecule has 1 heterocycles. The molecule has 0 bridgehead atoms. The average molecular weight is 474 g/mol. The van der Waals surface area contributed by atoms with E-state index in [4.69, 9.17) is 16.3 Å². The fraction of sp³-hybridized carbons (Fsp3) is 0.630. The molecular formula is C27H38ClN2O3. The first-order valence-corrected chi connectivity index (χ1v) is 12.7. The van der Waals surface area contributed by atoms with Gasteiger partial charge in [-0.2, -0.15) is 0 Å². The molecule has 1 aliphatic heterocycles. The van der Waals surface area contributed by atoms with E-state index in [-0.39, 0.29) is 17.8 Å². The molecule has 181 valence electrons. The fourth-order valence-corrected chi connectivity index (χ4v) is 6.43. The molecule has 4 rings (SSSR count). The van der Waals surface area contributed by atoms with Crippen LogP contribution >= 0.6 is 11.6 Å². The molecule has 1 radical (unpaired) electrons. The highest BCUT2D eigenvalue weighted by molar-refractivity contribution is 6.33. The molecule has 33 heavy (non-hydrogen) atoms. The number of piperazine rings is 1. The van der Waals surface area contributed by atoms with Gasteiger partial charge in [0.2, 0.25) is 0 Å². The minimum Gasteiger partial charge on any atom is -0.458 e. The number of rotatable bonds is 5. The Morgan fingerprint density at radius 2 is 1.94 bits per heavy atom. The molecule has 0 spiro atoms. The summed E-state index contributed by atoms with van der Waals surface area (Å²) in [5.74, 6) is 0.760. The van der Waals surface area contributed by atoms with Gasteiger partial charge in [-0.3, -0.25) is 9.69 Å². The van der Waals surface area contributed by atoms with Gasteiger partial charge in [-0.15, -0.1) is 0 Å². The number of benzene rings is 1. The van der Waals surface area contributed by atoms with E-state index in [1.165, 1.54) is 6.92 Å². The molecule has 2 aliphatic carbocycles. The average Bonchev–Trinajstić information content (AvgIpc) is 2.77. The Labute approximate surface area is 203 Å². The molecule has 1 N–H and O–H groups in total. The molecule has 0 amide bonds. The largest absolute Gasteiger partial charge is 0.458 e. The highest BCUT2D eigenvalue weighted by Gasteiger charge is 2.53. The lowest BCUT2D eigenvalue weighted by molar-refractivity contribution is -0.148. The highest BCUT2D eigenvalue weighted by Crippen LogP contribution is 2.50. The van der Waals surface area contributed by atoms with Crippen molar-refractivity contribution in [3.63, 3.8) is 0 Å². The Bertz CT molecular complexity index is 882. The van der Waals surface area contributed by atoms with E-state index in [0.717, 1.165) is 61.8 Å². The van der Waals surface area contributed by atoms with Crippen molar-refractivity contribution in [2.45, 2.75) is 52.2 Å². The van der Waals surface area contributed by atoms with Crippen LogP contribution in [0.5, 0.6) is 0 Å². The number of para-hydroxylation sites is 1. The van der Waals surface area contributed by atoms with Crippen LogP contribution in [0, 0.1) is 30.1 Å². The molecule has 1 saturated heterocycles. The van der Waals surface area contributed by atoms with E-state index in [2.05, 4.69) is 35.8 Å². The van der Waals surface area contributed by atoms with Crippen molar-refractivity contribution < 1.29 is 14.6 Å². The summed E-state index contributed by atoms with van der Waals surface area (Å²) in [5.41, 5.74) is 1.22. The highest BCUT2D eigenvalue weighted by atomic mass is 35.5. The van der Waals surface area contributed by atoms with Crippen LogP contribution in [-0.4, -0.2) is 60.4 Å². The van der Waals surface area contributed by atoms with E-state index in [1.807, 2.05) is 31.5 Å². The van der Waals surface area contributed by atoms with E-state index in [9.17, 15) is 9.90 Å². The lowest BCUT2D eigenvalue weighted by atomic mass is 9.57. The Morgan fingerprint density at radius 3 is 2.61 bits per heavy atom. The van der Waals surface area contributed by atoms with Crippen LogP contribution in [0.15, 0.2) is 35.9 Å². The van der Waals surface area contributed by atoms with Gasteiger partial charge >= 0.3 is 5.97 Å². The summed E-state index contributed by atoms with van der Waals surface area (Å²) in [6.07, 6.45) is 5.77. The van der Waals surface area contributed by atoms with E-state index in [0.29, 0.717) is 11.8 Å². The smallest absolute Gasteiger partial charge is 0.303 e. The van der Waals surface area contributed by atoms with Crippen molar-refractivity contribution in [2.75, 3.05) is 37.6 Å². The number of anilines is 1. The molecule has 1 aromatic rings. The molecule has 6 heteroatoms. The summed E-state index contributed by atoms with van der Waals surface area (Å²) in [4.78, 5) is 16.5. The maximum absolute atomic E-state index is 11.7. The second kappa shape index (κ2) is 9.97. The maximum atomic E-state index is 11.7. The van der Waals surface area contributed by atoms with Gasteiger partial charge in [-0.1, -0.05) is 43.7 Å². The van der Waals surface area contributed by atoms with Crippen LogP contribution < -0.4 is 4.90 Å². The van der Waals surface area contributed by atoms with Crippen LogP contribution in [0.2, 0.25) is 5.02 Å². The third-order valence-electron chi connectivity index (χ3n) is 8.16. The zero-order valence-electron chi connectivity index (χ0n) is 20.3. The lowest BCUT2D eigenvalue weighted by Crippen LogP contribution is -2.57. The van der Waals surface area contributed by atoms with Gasteiger partial charge in [0.15, 0.2) is 0 Å². The third-order valence-corrected chi connectivity index (χ3v) is 8.48. The topological polar surface area (TPSA) is 53.0 Å². The Kier molecular flexibility index (Phi) is 7.42. The van der Waals surface area contributed by atoms with Crippen molar-refractivity contribution in [1.82, 2.24) is 4.90 Å². The van der Waals surface area contributed by atoms with Crippen molar-refractivity contribution in [3.8, 4) is 0 Å². The van der Waals surface area contributed by atoms with Crippen molar-refractivity contribution in [1.29, 1.82) is 0 Å². The fourth-order valence-electron chi connectivity index (χ4n) is 6.18. The standard InChI is InChI=1S/C27H38ClN2O3/c1-18-15-23-22(10-9-20(3)27(23,32)16-26(18)33-21(4)31)19(2)17-29-11-13-30(14-12-29)25-8-6-5-7-24(25)28/h5-8,15-16,19-20,22-23,26,32H,9-14,17H2,1-4H3/t19?,20-,22+,23-,26-,27-/m1/s1. The number of ether oxygens (including phenoxy) is 1. The van der Waals surface area contributed by atoms with Crippen LogP contribution in [0.25, 0.3) is 0 Å². The molecule has 3 aliphatic rings. The Balaban J connectivity index is 1.41. The summed E-state index contributed by atoms with van der Waals surface area (Å²) in [6, 6.07) is 8.08. The van der Waals surface area contributed by atoms with Gasteiger partial charge in [0.25, 0.3) is 0 Å². The van der Waals surface area contributed by atoms with Crippen LogP contribution in [0.1, 0.15) is 40.5 Å². The van der Waals surface area contributed by atoms with Crippen molar-refractivity contribution in [2.24, 2.45) is 23.7 Å². The first-order valence-electron chi connectivity index (χ1n) is 12.3.